The van der Waals surface area contributed by atoms with Crippen LogP contribution in [0.4, 0.5) is 39.5 Å². The van der Waals surface area contributed by atoms with Gasteiger partial charge in [-0.15, -0.1) is 30.3 Å². The molecule has 0 bridgehead atoms. The molecule has 441 valence electrons. The van der Waals surface area contributed by atoms with Gasteiger partial charge in [0.25, 0.3) is 0 Å². The van der Waals surface area contributed by atoms with Gasteiger partial charge in [-0.25, -0.2) is 0 Å². The average molecular weight is 2340 g/mol. The first-order valence-corrected chi connectivity index (χ1v) is 25.7. The molecule has 0 unspecified atom stereocenters. The summed E-state index contributed by atoms with van der Waals surface area (Å²) in [6.07, 6.45) is -0.626. The Morgan fingerprint density at radius 2 is 0.926 bits per heavy atom. The monoisotopic (exact) mass is 2340 g/mol. The third-order valence-corrected chi connectivity index (χ3v) is 12.0. The predicted octanol–water partition coefficient (Wildman–Crippen LogP) is 13.8. The Bertz CT molecular complexity index is 3480. The van der Waals surface area contributed by atoms with Gasteiger partial charge in [0.15, 0.2) is 17.1 Å². The minimum atomic E-state index is -5.68. The molecule has 0 aliphatic heterocycles. The third kappa shape index (κ3) is 23.9. The van der Waals surface area contributed by atoms with Crippen molar-refractivity contribution in [2.75, 3.05) is 0 Å². The van der Waals surface area contributed by atoms with E-state index in [1.54, 1.807) is 70.0 Å². The van der Waals surface area contributed by atoms with Crippen LogP contribution in [0.5, 0.6) is 5.75 Å². The zero-order chi connectivity index (χ0) is 55.3. The summed E-state index contributed by atoms with van der Waals surface area (Å²) in [5.41, 5.74) is -3.03. The quantitative estimate of drug-likeness (QED) is 0.0507. The largest absolute Gasteiger partial charge is 0.534 e. The number of hydrogen-bond acceptors (Lipinski definition) is 8. The third-order valence-electron chi connectivity index (χ3n) is 8.95. The molecule has 0 saturated carbocycles. The van der Waals surface area contributed by atoms with E-state index in [9.17, 15) is 47.9 Å². The smallest absolute Gasteiger partial charge is 0.373 e. The Hall–Kier alpha value is -3.31. The first kappa shape index (κ1) is 75.7. The van der Waals surface area contributed by atoms with E-state index in [-0.39, 0.29) is 101 Å². The van der Waals surface area contributed by atoms with Gasteiger partial charge in [-0.1, -0.05) is 67.0 Å². The SMILES string of the molecule is Brc1ccn(-c2[c-]cccc2)n1.Cc1ccn(-c2[c-]ccc(Br)c2)n1.FC(F)(F)c1ccn(-c2[c-]ccc(Br)c2)n1.FC(F)(F)c1ccn(-c2[c-]ccc(I)c2)n1.O=S(=O)(Oc1cnn(-c2[c-]cccc2)c1)C(F)(F)F.[Ir].[Ir].[Ir].[Ir].[Ir]. The second-order valence-corrected chi connectivity index (χ2v) is 20.0. The van der Waals surface area contributed by atoms with Gasteiger partial charge in [0.2, 0.25) is 0 Å². The van der Waals surface area contributed by atoms with E-state index in [0.29, 0.717) is 17.1 Å². The number of rotatable bonds is 7. The van der Waals surface area contributed by atoms with Gasteiger partial charge in [0.1, 0.15) is 4.60 Å². The molecule has 0 spiro atoms. The maximum Gasteiger partial charge on any atom is 0.534 e. The maximum absolute atomic E-state index is 12.3. The van der Waals surface area contributed by atoms with E-state index in [0.717, 1.165) is 72.8 Å². The first-order chi connectivity index (χ1) is 35.8. The van der Waals surface area contributed by atoms with Gasteiger partial charge in [-0.05, 0) is 75.6 Å². The normalized spacial score (nSPS) is 10.7. The maximum atomic E-state index is 12.3. The predicted molar refractivity (Wildman–Crippen MR) is 278 cm³/mol. The molecule has 0 aliphatic rings. The molecule has 5 aromatic carbocycles. The van der Waals surface area contributed by atoms with Crippen LogP contribution >= 0.6 is 70.4 Å². The Labute approximate surface area is 563 Å². The summed E-state index contributed by atoms with van der Waals surface area (Å²) < 4.78 is 146. The number of aryl methyl sites for hydroxylation is 1. The Kier molecular flexibility index (Phi) is 32.3. The molecule has 32 heteroatoms. The molecule has 0 fully saturated rings. The van der Waals surface area contributed by atoms with Gasteiger partial charge in [-0.3, -0.25) is 23.4 Å². The van der Waals surface area contributed by atoms with Gasteiger partial charge in [-0.2, -0.15) is 177 Å². The second-order valence-electron chi connectivity index (χ2n) is 14.5. The van der Waals surface area contributed by atoms with Gasteiger partial charge < -0.3 is 4.18 Å². The van der Waals surface area contributed by atoms with Crippen LogP contribution in [0.2, 0.25) is 0 Å². The molecule has 0 atom stereocenters. The van der Waals surface area contributed by atoms with Crippen molar-refractivity contribution in [3.8, 4) is 34.2 Å². The van der Waals surface area contributed by atoms with E-state index in [4.69, 9.17) is 0 Å². The zero-order valence-electron chi connectivity index (χ0n) is 39.8. The number of halogens is 13. The average Bonchev–Trinajstić information content (AvgIpc) is 4.24. The molecule has 5 radical (unpaired) electrons. The van der Waals surface area contributed by atoms with Crippen LogP contribution in [0.15, 0.2) is 178 Å². The van der Waals surface area contributed by atoms with E-state index >= 15 is 0 Å². The van der Waals surface area contributed by atoms with Crippen LogP contribution in [-0.2, 0) is 123 Å². The Balaban J connectivity index is 0.000000502. The topological polar surface area (TPSA) is 132 Å². The summed E-state index contributed by atoms with van der Waals surface area (Å²) >= 11 is 12.0. The Morgan fingerprint density at radius 1 is 0.506 bits per heavy atom. The van der Waals surface area contributed by atoms with Crippen molar-refractivity contribution in [3.63, 3.8) is 0 Å². The standard InChI is InChI=1S/C10H5BrF3N2.C10H8BrN2.C10H5F3IN2.C10H6F3N2O3S.C9H6BrN2.5Ir/c11-7-2-1-3-8(6-7)16-5-4-9(15-16)10(12,13)14;1-8-5-6-13(12-8)10-4-2-3-9(11)7-10;11-10(12,13)9-4-5-16(15-9)8-3-1-2-7(14)6-8;11-10(12,13)19(16,17)18-9-6-14-15(7-9)8-4-2-1-3-5-8;10-9-6-7-12(11-9)8-4-2-1-3-5-8;;;;;/h1-2,4-6H;2-3,5-7H,1H3;1-2,4-6H;1-4,6-7H;1-4,6-7H;;;;;/q5*-1;;;;;. The zero-order valence-corrected chi connectivity index (χ0v) is 59.5. The minimum Gasteiger partial charge on any atom is -0.373 e. The van der Waals surface area contributed by atoms with Crippen LogP contribution in [-0.4, -0.2) is 62.8 Å². The molecule has 5 heterocycles. The van der Waals surface area contributed by atoms with Crippen LogP contribution in [0.1, 0.15) is 17.1 Å². The van der Waals surface area contributed by atoms with Crippen molar-refractivity contribution in [1.82, 2.24) is 48.9 Å². The second kappa shape index (κ2) is 34.6. The van der Waals surface area contributed by atoms with Crippen LogP contribution in [0, 0.1) is 40.8 Å². The fourth-order valence-electron chi connectivity index (χ4n) is 5.59. The fraction of sp³-hybridized carbons (Fsp3) is 0.0816. The van der Waals surface area contributed by atoms with Crippen molar-refractivity contribution in [2.24, 2.45) is 0 Å². The van der Waals surface area contributed by atoms with E-state index < -0.39 is 45.1 Å². The molecule has 10 rings (SSSR count). The molecule has 5 aromatic heterocycles. The van der Waals surface area contributed by atoms with Crippen molar-refractivity contribution < 1.29 is 153 Å². The summed E-state index contributed by atoms with van der Waals surface area (Å²) in [7, 11) is -5.68. The number of benzene rings is 5. The molecule has 0 N–H and O–H groups in total. The number of para-hydroxylation sites is 2. The van der Waals surface area contributed by atoms with E-state index in [2.05, 4.69) is 130 Å². The molecule has 0 aliphatic carbocycles. The van der Waals surface area contributed by atoms with Crippen molar-refractivity contribution in [2.45, 2.75) is 24.8 Å². The van der Waals surface area contributed by atoms with E-state index in [1.807, 2.05) is 73.9 Å². The summed E-state index contributed by atoms with van der Waals surface area (Å²) in [6.45, 7) is 1.97. The number of aromatic nitrogens is 10. The number of hydrogen-bond donors (Lipinski definition) is 0. The van der Waals surface area contributed by atoms with Crippen LogP contribution in [0.25, 0.3) is 28.4 Å². The van der Waals surface area contributed by atoms with Gasteiger partial charge >= 0.3 is 28.0 Å². The van der Waals surface area contributed by atoms with Gasteiger partial charge in [0.05, 0.1) is 18.1 Å². The van der Waals surface area contributed by atoms with Crippen LogP contribution in [0.3, 0.4) is 0 Å². The molecule has 81 heavy (non-hydrogen) atoms. The van der Waals surface area contributed by atoms with Gasteiger partial charge in [0, 0.05) is 125 Å². The van der Waals surface area contributed by atoms with E-state index in [1.165, 1.54) is 12.4 Å². The summed E-state index contributed by atoms with van der Waals surface area (Å²) in [5.74, 6) is -0.533. The first-order valence-electron chi connectivity index (χ1n) is 20.9. The molecule has 0 saturated heterocycles. The van der Waals surface area contributed by atoms with Crippen molar-refractivity contribution >= 4 is 80.5 Å². The number of nitrogens with zero attached hydrogens (tertiary/aromatic N) is 10. The Morgan fingerprint density at radius 3 is 1.31 bits per heavy atom. The minimum absolute atomic E-state index is 0. The summed E-state index contributed by atoms with van der Waals surface area (Å²) in [5, 5.41) is 19.0. The fourth-order valence-corrected chi connectivity index (χ4v) is 7.49. The van der Waals surface area contributed by atoms with Crippen molar-refractivity contribution in [1.29, 1.82) is 0 Å². The summed E-state index contributed by atoms with van der Waals surface area (Å²) in [4.78, 5) is 0. The molecular formula is C49H30Br3F9IIr5N10O3S-5. The molecule has 0 amide bonds. The van der Waals surface area contributed by atoms with Crippen LogP contribution < -0.4 is 4.18 Å². The molecular weight excluding hydrogens is 2310 g/mol. The molecule has 13 nitrogen and oxygen atoms in total. The molecule has 10 aromatic rings. The van der Waals surface area contributed by atoms with Crippen molar-refractivity contribution in [3.05, 3.63) is 229 Å². The number of alkyl halides is 9. The summed E-state index contributed by atoms with van der Waals surface area (Å²) in [6, 6.07) is 50.4.